The molecule has 0 saturated carbocycles. The van der Waals surface area contributed by atoms with E-state index in [0.29, 0.717) is 11.8 Å². The van der Waals surface area contributed by atoms with E-state index in [1.165, 1.54) is 0 Å². The fourth-order valence-electron chi connectivity index (χ4n) is 1.63. The molecule has 2 aromatic heterocycles. The number of halogens is 1. The second kappa shape index (κ2) is 4.77. The van der Waals surface area contributed by atoms with Gasteiger partial charge in [-0.2, -0.15) is 20.1 Å². The third kappa shape index (κ3) is 2.32. The van der Waals surface area contributed by atoms with Gasteiger partial charge in [0.1, 0.15) is 0 Å². The molecule has 0 spiro atoms. The minimum absolute atomic E-state index is 0.159. The van der Waals surface area contributed by atoms with Crippen LogP contribution in [0, 0.1) is 0 Å². The SMILES string of the molecule is Nc1nc(-c2ccccc2Br)nc(-n2cccn2)n1. The topological polar surface area (TPSA) is 82.5 Å². The highest BCUT2D eigenvalue weighted by molar-refractivity contribution is 9.10. The summed E-state index contributed by atoms with van der Waals surface area (Å²) in [5.74, 6) is 1.06. The van der Waals surface area contributed by atoms with E-state index in [0.717, 1.165) is 10.0 Å². The molecule has 3 aromatic rings. The Labute approximate surface area is 117 Å². The van der Waals surface area contributed by atoms with Gasteiger partial charge in [-0.25, -0.2) is 4.68 Å². The van der Waals surface area contributed by atoms with E-state index in [1.807, 2.05) is 24.3 Å². The summed E-state index contributed by atoms with van der Waals surface area (Å²) in [6.45, 7) is 0. The molecule has 1 aromatic carbocycles. The van der Waals surface area contributed by atoms with Crippen molar-refractivity contribution in [2.24, 2.45) is 0 Å². The van der Waals surface area contributed by atoms with Crippen molar-refractivity contribution in [3.05, 3.63) is 47.2 Å². The number of anilines is 1. The van der Waals surface area contributed by atoms with Crippen molar-refractivity contribution in [1.29, 1.82) is 0 Å². The molecule has 0 radical (unpaired) electrons. The predicted octanol–water partition coefficient (Wildman–Crippen LogP) is 2.07. The average Bonchev–Trinajstić information content (AvgIpc) is 2.92. The highest BCUT2D eigenvalue weighted by Gasteiger charge is 2.10. The van der Waals surface area contributed by atoms with Crippen molar-refractivity contribution < 1.29 is 0 Å². The molecule has 19 heavy (non-hydrogen) atoms. The second-order valence-corrected chi connectivity index (χ2v) is 4.60. The first kappa shape index (κ1) is 11.8. The zero-order chi connectivity index (χ0) is 13.2. The summed E-state index contributed by atoms with van der Waals surface area (Å²) in [6, 6.07) is 9.45. The first-order chi connectivity index (χ1) is 9.24. The van der Waals surface area contributed by atoms with Crippen LogP contribution in [0.1, 0.15) is 0 Å². The van der Waals surface area contributed by atoms with Crippen LogP contribution in [0.3, 0.4) is 0 Å². The first-order valence-electron chi connectivity index (χ1n) is 5.50. The third-order valence-electron chi connectivity index (χ3n) is 2.46. The molecular formula is C12H9BrN6. The van der Waals surface area contributed by atoms with Gasteiger partial charge in [0.2, 0.25) is 5.95 Å². The summed E-state index contributed by atoms with van der Waals surface area (Å²) < 4.78 is 2.44. The maximum absolute atomic E-state index is 5.73. The molecule has 3 rings (SSSR count). The summed E-state index contributed by atoms with van der Waals surface area (Å²) in [4.78, 5) is 12.6. The molecule has 0 aliphatic carbocycles. The lowest BCUT2D eigenvalue weighted by Gasteiger charge is -2.06. The molecule has 0 saturated heterocycles. The largest absolute Gasteiger partial charge is 0.368 e. The summed E-state index contributed by atoms with van der Waals surface area (Å²) in [7, 11) is 0. The van der Waals surface area contributed by atoms with Crippen LogP contribution in [0.2, 0.25) is 0 Å². The summed E-state index contributed by atoms with van der Waals surface area (Å²) >= 11 is 3.47. The zero-order valence-corrected chi connectivity index (χ0v) is 11.3. The minimum atomic E-state index is 0.159. The Morgan fingerprint density at radius 2 is 1.89 bits per heavy atom. The van der Waals surface area contributed by atoms with Crippen LogP contribution in [-0.4, -0.2) is 24.7 Å². The van der Waals surface area contributed by atoms with Gasteiger partial charge in [-0.3, -0.25) is 0 Å². The number of hydrogen-bond donors (Lipinski definition) is 1. The van der Waals surface area contributed by atoms with Gasteiger partial charge >= 0.3 is 0 Å². The van der Waals surface area contributed by atoms with Gasteiger partial charge in [-0.05, 0) is 12.1 Å². The van der Waals surface area contributed by atoms with Crippen LogP contribution in [0.5, 0.6) is 0 Å². The summed E-state index contributed by atoms with van der Waals surface area (Å²) in [5.41, 5.74) is 6.59. The minimum Gasteiger partial charge on any atom is -0.368 e. The smallest absolute Gasteiger partial charge is 0.255 e. The lowest BCUT2D eigenvalue weighted by molar-refractivity contribution is 0.801. The van der Waals surface area contributed by atoms with Crippen molar-refractivity contribution >= 4 is 21.9 Å². The monoisotopic (exact) mass is 316 g/mol. The van der Waals surface area contributed by atoms with Gasteiger partial charge in [0.25, 0.3) is 5.95 Å². The van der Waals surface area contributed by atoms with Gasteiger partial charge in [-0.1, -0.05) is 34.1 Å². The van der Waals surface area contributed by atoms with Crippen molar-refractivity contribution in [1.82, 2.24) is 24.7 Å². The van der Waals surface area contributed by atoms with Crippen LogP contribution in [0.25, 0.3) is 17.3 Å². The van der Waals surface area contributed by atoms with E-state index < -0.39 is 0 Å². The first-order valence-corrected chi connectivity index (χ1v) is 6.30. The average molecular weight is 317 g/mol. The van der Waals surface area contributed by atoms with Crippen molar-refractivity contribution in [3.8, 4) is 17.3 Å². The number of benzene rings is 1. The summed E-state index contributed by atoms with van der Waals surface area (Å²) in [6.07, 6.45) is 3.40. The molecule has 6 nitrogen and oxygen atoms in total. The van der Waals surface area contributed by atoms with Gasteiger partial charge in [0, 0.05) is 22.4 Å². The van der Waals surface area contributed by atoms with E-state index in [1.54, 1.807) is 23.1 Å². The van der Waals surface area contributed by atoms with E-state index in [-0.39, 0.29) is 5.95 Å². The molecule has 0 atom stereocenters. The summed E-state index contributed by atoms with van der Waals surface area (Å²) in [5, 5.41) is 4.08. The maximum Gasteiger partial charge on any atom is 0.255 e. The number of aromatic nitrogens is 5. The molecule has 7 heteroatoms. The van der Waals surface area contributed by atoms with Gasteiger partial charge < -0.3 is 5.73 Å². The Bertz CT molecular complexity index is 710. The zero-order valence-electron chi connectivity index (χ0n) is 9.73. The van der Waals surface area contributed by atoms with Gasteiger partial charge in [0.15, 0.2) is 5.82 Å². The van der Waals surface area contributed by atoms with Gasteiger partial charge in [-0.15, -0.1) is 0 Å². The van der Waals surface area contributed by atoms with Crippen LogP contribution in [-0.2, 0) is 0 Å². The molecule has 0 bridgehead atoms. The highest BCUT2D eigenvalue weighted by Crippen LogP contribution is 2.25. The standard InChI is InChI=1S/C12H9BrN6/c13-9-5-2-1-4-8(9)10-16-11(14)18-12(17-10)19-7-3-6-15-19/h1-7H,(H2,14,16,17,18). The molecule has 0 aliphatic rings. The molecule has 0 aliphatic heterocycles. The lowest BCUT2D eigenvalue weighted by atomic mass is 10.2. The number of rotatable bonds is 2. The normalized spacial score (nSPS) is 10.6. The van der Waals surface area contributed by atoms with Crippen LogP contribution >= 0.6 is 15.9 Å². The Balaban J connectivity index is 2.16. The Hall–Kier alpha value is -2.28. The predicted molar refractivity (Wildman–Crippen MR) is 74.5 cm³/mol. The van der Waals surface area contributed by atoms with E-state index >= 15 is 0 Å². The van der Waals surface area contributed by atoms with Crippen molar-refractivity contribution in [2.75, 3.05) is 5.73 Å². The fraction of sp³-hybridized carbons (Fsp3) is 0. The van der Waals surface area contributed by atoms with E-state index in [4.69, 9.17) is 5.73 Å². The fourth-order valence-corrected chi connectivity index (χ4v) is 2.10. The molecular weight excluding hydrogens is 308 g/mol. The maximum atomic E-state index is 5.73. The number of nitrogens with zero attached hydrogens (tertiary/aromatic N) is 5. The Morgan fingerprint density at radius 3 is 2.63 bits per heavy atom. The molecule has 94 valence electrons. The molecule has 0 unspecified atom stereocenters. The molecule has 0 fully saturated rings. The second-order valence-electron chi connectivity index (χ2n) is 3.75. The lowest BCUT2D eigenvalue weighted by Crippen LogP contribution is -2.08. The number of nitrogen functional groups attached to an aromatic ring is 1. The van der Waals surface area contributed by atoms with Crippen LogP contribution < -0.4 is 5.73 Å². The number of hydrogen-bond acceptors (Lipinski definition) is 5. The van der Waals surface area contributed by atoms with Crippen molar-refractivity contribution in [3.63, 3.8) is 0 Å². The van der Waals surface area contributed by atoms with E-state index in [2.05, 4.69) is 36.0 Å². The van der Waals surface area contributed by atoms with Crippen molar-refractivity contribution in [2.45, 2.75) is 0 Å². The number of nitrogens with two attached hydrogens (primary N) is 1. The highest BCUT2D eigenvalue weighted by atomic mass is 79.9. The Morgan fingerprint density at radius 1 is 1.05 bits per heavy atom. The Kier molecular flexibility index (Phi) is 2.96. The van der Waals surface area contributed by atoms with E-state index in [9.17, 15) is 0 Å². The van der Waals surface area contributed by atoms with Crippen LogP contribution in [0.15, 0.2) is 47.2 Å². The third-order valence-corrected chi connectivity index (χ3v) is 3.16. The molecule has 2 N–H and O–H groups in total. The molecule has 2 heterocycles. The van der Waals surface area contributed by atoms with Crippen LogP contribution in [0.4, 0.5) is 5.95 Å². The molecule has 0 amide bonds. The van der Waals surface area contributed by atoms with Gasteiger partial charge in [0.05, 0.1) is 0 Å². The quantitative estimate of drug-likeness (QED) is 0.782.